The number of para-hydroxylation sites is 1. The van der Waals surface area contributed by atoms with Gasteiger partial charge < -0.3 is 28.8 Å². The lowest BCUT2D eigenvalue weighted by atomic mass is 9.97. The number of aliphatic hydroxyl groups is 1. The molecule has 10 nitrogen and oxygen atoms in total. The normalized spacial score (nSPS) is 25.1. The molecular weight excluding hydrogens is 470 g/mol. The molecule has 1 aromatic carbocycles. The summed E-state index contributed by atoms with van der Waals surface area (Å²) < 4.78 is 28.0. The van der Waals surface area contributed by atoms with E-state index in [-0.39, 0.29) is 0 Å². The molecule has 198 valence electrons. The van der Waals surface area contributed by atoms with Gasteiger partial charge in [-0.25, -0.2) is 4.79 Å². The molecule has 1 aliphatic rings. The lowest BCUT2D eigenvalue weighted by Gasteiger charge is -2.44. The molecule has 1 saturated heterocycles. The van der Waals surface area contributed by atoms with Crippen molar-refractivity contribution >= 4 is 23.7 Å². The first-order chi connectivity index (χ1) is 17.2. The number of aliphatic hydroxyl groups excluding tert-OH is 1. The van der Waals surface area contributed by atoms with Crippen LogP contribution in [-0.4, -0.2) is 67.6 Å². The van der Waals surface area contributed by atoms with Gasteiger partial charge in [-0.15, -0.1) is 13.2 Å². The second kappa shape index (κ2) is 14.4. The van der Waals surface area contributed by atoms with Crippen LogP contribution in [0.25, 0.3) is 0 Å². The molecule has 0 saturated carbocycles. The first-order valence-corrected chi connectivity index (χ1v) is 11.7. The lowest BCUT2D eigenvalue weighted by Crippen LogP contribution is -2.63. The van der Waals surface area contributed by atoms with Crippen molar-refractivity contribution in [2.75, 3.05) is 19.0 Å². The molecule has 1 aliphatic heterocycles. The number of methoxy groups -OCH3 is 1. The van der Waals surface area contributed by atoms with Gasteiger partial charge in [0.1, 0.15) is 6.10 Å². The maximum Gasteiger partial charge on any atom is 0.412 e. The smallest absolute Gasteiger partial charge is 0.412 e. The van der Waals surface area contributed by atoms with Crippen LogP contribution in [0.2, 0.25) is 0 Å². The van der Waals surface area contributed by atoms with E-state index >= 15 is 0 Å². The standard InChI is InChI=1S/C26H35NO9/c1-6-11-16(3)23(29)34-20-19(15-28)33-25(32-5)22(21(20)35-24(30)17(4)12-7-2)36-26(31)27-18-13-9-8-10-14-18/h6-10,13-14,16-17,19-22,25,28H,1-2,11-12,15H2,3-5H3,(H,27,31)/t16-,17-,19-,20-,21+,22+,25+/m1/s1. The van der Waals surface area contributed by atoms with E-state index < -0.39 is 67.2 Å². The van der Waals surface area contributed by atoms with E-state index in [4.69, 9.17) is 23.7 Å². The zero-order chi connectivity index (χ0) is 26.7. The van der Waals surface area contributed by atoms with Crippen molar-refractivity contribution in [2.45, 2.75) is 57.4 Å². The highest BCUT2D eigenvalue weighted by Crippen LogP contribution is 2.30. The van der Waals surface area contributed by atoms with E-state index in [0.717, 1.165) is 0 Å². The summed E-state index contributed by atoms with van der Waals surface area (Å²) >= 11 is 0. The number of rotatable bonds is 12. The molecule has 2 N–H and O–H groups in total. The second-order valence-corrected chi connectivity index (χ2v) is 8.48. The van der Waals surface area contributed by atoms with Crippen LogP contribution >= 0.6 is 0 Å². The third kappa shape index (κ3) is 7.91. The number of benzene rings is 1. The molecule has 36 heavy (non-hydrogen) atoms. The van der Waals surface area contributed by atoms with Gasteiger partial charge in [-0.3, -0.25) is 14.9 Å². The Bertz CT molecular complexity index is 891. The van der Waals surface area contributed by atoms with Crippen molar-refractivity contribution in [1.82, 2.24) is 0 Å². The van der Waals surface area contributed by atoms with Gasteiger partial charge in [0.15, 0.2) is 24.6 Å². The molecule has 0 spiro atoms. The minimum atomic E-state index is -1.33. The topological polar surface area (TPSA) is 130 Å². The molecular formula is C26H35NO9. The molecule has 2 rings (SSSR count). The SMILES string of the molecule is C=CC[C@@H](C)C(=O)O[C@@H]1[C@H](OC(=O)Nc2ccccc2)[C@@H](OC)O[C@H](CO)[C@H]1OC(=O)[C@H](C)CC=C. The number of anilines is 1. The van der Waals surface area contributed by atoms with Gasteiger partial charge in [0.2, 0.25) is 0 Å². The summed E-state index contributed by atoms with van der Waals surface area (Å²) in [6.07, 6.45) is -3.33. The maximum atomic E-state index is 12.9. The average molecular weight is 506 g/mol. The van der Waals surface area contributed by atoms with Crippen LogP contribution in [0.5, 0.6) is 0 Å². The number of amides is 1. The number of carbonyl (C=O) groups excluding carboxylic acids is 3. The molecule has 1 aromatic rings. The van der Waals surface area contributed by atoms with Crippen LogP contribution in [0.3, 0.4) is 0 Å². The fourth-order valence-electron chi connectivity index (χ4n) is 3.60. The molecule has 10 heteroatoms. The number of nitrogens with one attached hydrogen (secondary N) is 1. The fourth-order valence-corrected chi connectivity index (χ4v) is 3.60. The molecule has 1 fully saturated rings. The summed E-state index contributed by atoms with van der Waals surface area (Å²) in [5.41, 5.74) is 0.468. The Morgan fingerprint density at radius 2 is 1.53 bits per heavy atom. The van der Waals surface area contributed by atoms with Crippen LogP contribution in [0, 0.1) is 11.8 Å². The predicted octanol–water partition coefficient (Wildman–Crippen LogP) is 3.22. The Balaban J connectivity index is 2.38. The van der Waals surface area contributed by atoms with Crippen molar-refractivity contribution in [2.24, 2.45) is 11.8 Å². The number of allylic oxidation sites excluding steroid dienone is 2. The van der Waals surface area contributed by atoms with Crippen LogP contribution in [-0.2, 0) is 33.3 Å². The first-order valence-electron chi connectivity index (χ1n) is 11.7. The Kier molecular flexibility index (Phi) is 11.6. The second-order valence-electron chi connectivity index (χ2n) is 8.48. The van der Waals surface area contributed by atoms with Crippen LogP contribution < -0.4 is 5.32 Å². The summed E-state index contributed by atoms with van der Waals surface area (Å²) in [7, 11) is 1.31. The molecule has 0 unspecified atom stereocenters. The van der Waals surface area contributed by atoms with Gasteiger partial charge >= 0.3 is 18.0 Å². The van der Waals surface area contributed by atoms with Gasteiger partial charge in [-0.05, 0) is 25.0 Å². The third-order valence-corrected chi connectivity index (χ3v) is 5.62. The summed E-state index contributed by atoms with van der Waals surface area (Å²) in [4.78, 5) is 38.3. The summed E-state index contributed by atoms with van der Waals surface area (Å²) in [6.45, 7) is 9.97. The highest BCUT2D eigenvalue weighted by Gasteiger charge is 2.53. The highest BCUT2D eigenvalue weighted by molar-refractivity contribution is 5.84. The maximum absolute atomic E-state index is 12.9. The van der Waals surface area contributed by atoms with Crippen LogP contribution in [0.4, 0.5) is 10.5 Å². The van der Waals surface area contributed by atoms with Crippen LogP contribution in [0.1, 0.15) is 26.7 Å². The number of hydrogen-bond acceptors (Lipinski definition) is 9. The van der Waals surface area contributed by atoms with E-state index in [9.17, 15) is 19.5 Å². The lowest BCUT2D eigenvalue weighted by molar-refractivity contribution is -0.299. The van der Waals surface area contributed by atoms with Gasteiger partial charge in [-0.2, -0.15) is 0 Å². The number of esters is 2. The van der Waals surface area contributed by atoms with E-state index in [1.807, 2.05) is 0 Å². The van der Waals surface area contributed by atoms with Crippen molar-refractivity contribution in [1.29, 1.82) is 0 Å². The minimum absolute atomic E-state index is 0.333. The molecule has 0 aliphatic carbocycles. The number of hydrogen-bond donors (Lipinski definition) is 2. The summed E-state index contributed by atoms with van der Waals surface area (Å²) in [6, 6.07) is 8.57. The molecule has 0 bridgehead atoms. The molecule has 1 heterocycles. The predicted molar refractivity (Wildman–Crippen MR) is 131 cm³/mol. The van der Waals surface area contributed by atoms with Gasteiger partial charge in [0.05, 0.1) is 18.4 Å². The minimum Gasteiger partial charge on any atom is -0.455 e. The van der Waals surface area contributed by atoms with Gasteiger partial charge in [0.25, 0.3) is 0 Å². The van der Waals surface area contributed by atoms with Crippen molar-refractivity contribution < 1.29 is 43.2 Å². The Morgan fingerprint density at radius 1 is 0.972 bits per heavy atom. The quantitative estimate of drug-likeness (QED) is 0.250. The van der Waals surface area contributed by atoms with E-state index in [0.29, 0.717) is 18.5 Å². The summed E-state index contributed by atoms with van der Waals surface area (Å²) in [5.74, 6) is -2.39. The Labute approximate surface area is 211 Å². The van der Waals surface area contributed by atoms with Crippen molar-refractivity contribution in [3.8, 4) is 0 Å². The first kappa shape index (κ1) is 29.0. The monoisotopic (exact) mass is 505 g/mol. The van der Waals surface area contributed by atoms with E-state index in [1.54, 1.807) is 56.3 Å². The van der Waals surface area contributed by atoms with E-state index in [1.165, 1.54) is 7.11 Å². The average Bonchev–Trinajstić information content (AvgIpc) is 2.86. The Hall–Kier alpha value is -3.21. The number of ether oxygens (including phenoxy) is 5. The molecule has 7 atom stereocenters. The van der Waals surface area contributed by atoms with E-state index in [2.05, 4.69) is 18.5 Å². The largest absolute Gasteiger partial charge is 0.455 e. The highest BCUT2D eigenvalue weighted by atomic mass is 16.7. The Morgan fingerprint density at radius 3 is 2.03 bits per heavy atom. The van der Waals surface area contributed by atoms with Crippen LogP contribution in [0.15, 0.2) is 55.6 Å². The van der Waals surface area contributed by atoms with Gasteiger partial charge in [-0.1, -0.05) is 44.2 Å². The van der Waals surface area contributed by atoms with Crippen molar-refractivity contribution in [3.63, 3.8) is 0 Å². The number of carbonyl (C=O) groups is 3. The third-order valence-electron chi connectivity index (χ3n) is 5.62. The molecule has 0 aromatic heterocycles. The zero-order valence-corrected chi connectivity index (χ0v) is 20.8. The zero-order valence-electron chi connectivity index (χ0n) is 20.8. The molecule has 0 radical (unpaired) electrons. The van der Waals surface area contributed by atoms with Gasteiger partial charge in [0, 0.05) is 12.8 Å². The molecule has 1 amide bonds. The fraction of sp³-hybridized carbons (Fsp3) is 0.500. The van der Waals surface area contributed by atoms with Crippen molar-refractivity contribution in [3.05, 3.63) is 55.6 Å². The summed E-state index contributed by atoms with van der Waals surface area (Å²) in [5, 5.41) is 12.5.